The van der Waals surface area contributed by atoms with Crippen molar-refractivity contribution in [2.45, 2.75) is 37.2 Å². The number of benzene rings is 1. The summed E-state index contributed by atoms with van der Waals surface area (Å²) >= 11 is 1.68. The molecule has 0 aliphatic carbocycles. The van der Waals surface area contributed by atoms with E-state index in [1.54, 1.807) is 11.8 Å². The van der Waals surface area contributed by atoms with Crippen LogP contribution in [-0.4, -0.2) is 20.7 Å². The second-order valence-corrected chi connectivity index (χ2v) is 5.68. The van der Waals surface area contributed by atoms with Crippen molar-refractivity contribution in [2.24, 2.45) is 5.73 Å². The first kappa shape index (κ1) is 13.0. The van der Waals surface area contributed by atoms with E-state index in [4.69, 9.17) is 5.73 Å². The van der Waals surface area contributed by atoms with Crippen LogP contribution in [0.2, 0.25) is 0 Å². The van der Waals surface area contributed by atoms with Crippen LogP contribution in [0.3, 0.4) is 0 Å². The van der Waals surface area contributed by atoms with Gasteiger partial charge in [-0.05, 0) is 18.6 Å². The summed E-state index contributed by atoms with van der Waals surface area (Å²) in [4.78, 5) is 15.8. The van der Waals surface area contributed by atoms with Crippen LogP contribution in [0.25, 0.3) is 11.0 Å². The number of nitrogens with two attached hydrogens (primary N) is 1. The van der Waals surface area contributed by atoms with E-state index in [0.717, 1.165) is 22.6 Å². The van der Waals surface area contributed by atoms with Crippen molar-refractivity contribution in [1.82, 2.24) is 9.55 Å². The lowest BCUT2D eigenvalue weighted by Gasteiger charge is -2.09. The molecule has 0 saturated carbocycles. The molecule has 2 N–H and O–H groups in total. The zero-order valence-corrected chi connectivity index (χ0v) is 11.4. The van der Waals surface area contributed by atoms with Gasteiger partial charge in [-0.15, -0.1) is 0 Å². The fourth-order valence-electron chi connectivity index (χ4n) is 1.72. The third kappa shape index (κ3) is 2.67. The summed E-state index contributed by atoms with van der Waals surface area (Å²) in [6.07, 6.45) is 1.06. The van der Waals surface area contributed by atoms with Crippen LogP contribution < -0.4 is 5.73 Å². The molecule has 0 bridgehead atoms. The lowest BCUT2D eigenvalue weighted by atomic mass is 10.3. The third-order valence-electron chi connectivity index (χ3n) is 2.81. The largest absolute Gasteiger partial charge is 0.368 e. The molecule has 1 aromatic heterocycles. The first-order chi connectivity index (χ1) is 8.61. The number of carbonyl (C=O) groups excluding carboxylic acids is 1. The van der Waals surface area contributed by atoms with Gasteiger partial charge in [0.2, 0.25) is 5.91 Å². The summed E-state index contributed by atoms with van der Waals surface area (Å²) in [5.74, 6) is -0.343. The lowest BCUT2D eigenvalue weighted by molar-refractivity contribution is -0.118. The van der Waals surface area contributed by atoms with Gasteiger partial charge in [0.25, 0.3) is 0 Å². The van der Waals surface area contributed by atoms with Crippen molar-refractivity contribution < 1.29 is 4.79 Å². The van der Waals surface area contributed by atoms with Gasteiger partial charge in [0.1, 0.15) is 6.54 Å². The summed E-state index contributed by atoms with van der Waals surface area (Å²) in [5, 5.41) is 1.33. The topological polar surface area (TPSA) is 60.9 Å². The van der Waals surface area contributed by atoms with E-state index in [0.29, 0.717) is 5.25 Å². The number of nitrogens with zero attached hydrogens (tertiary/aromatic N) is 2. The molecule has 0 aliphatic heterocycles. The monoisotopic (exact) mass is 263 g/mol. The van der Waals surface area contributed by atoms with Gasteiger partial charge in [0, 0.05) is 5.25 Å². The molecule has 0 spiro atoms. The smallest absolute Gasteiger partial charge is 0.237 e. The molecular formula is C13H17N3OS. The van der Waals surface area contributed by atoms with E-state index in [-0.39, 0.29) is 12.5 Å². The number of rotatable bonds is 5. The van der Waals surface area contributed by atoms with Crippen molar-refractivity contribution in [3.8, 4) is 0 Å². The van der Waals surface area contributed by atoms with Crippen LogP contribution >= 0.6 is 11.8 Å². The average Bonchev–Trinajstić information content (AvgIpc) is 2.67. The Balaban J connectivity index is 2.46. The molecular weight excluding hydrogens is 246 g/mol. The Morgan fingerprint density at radius 3 is 2.89 bits per heavy atom. The van der Waals surface area contributed by atoms with Crippen molar-refractivity contribution in [2.75, 3.05) is 0 Å². The highest BCUT2D eigenvalue weighted by atomic mass is 32.2. The molecule has 0 saturated heterocycles. The normalized spacial score (nSPS) is 12.8. The maximum absolute atomic E-state index is 11.2. The standard InChI is InChI=1S/C13H17N3OS/c1-3-9(2)18-13-15-10-6-4-5-7-11(10)16(13)8-12(14)17/h4-7,9H,3,8H2,1-2H3,(H2,14,17)/t9-/m0/s1. The molecule has 18 heavy (non-hydrogen) atoms. The first-order valence-corrected chi connectivity index (χ1v) is 6.90. The average molecular weight is 263 g/mol. The van der Waals surface area contributed by atoms with Gasteiger partial charge >= 0.3 is 0 Å². The van der Waals surface area contributed by atoms with Gasteiger partial charge in [0.15, 0.2) is 5.16 Å². The molecule has 0 aliphatic rings. The first-order valence-electron chi connectivity index (χ1n) is 6.02. The number of para-hydroxylation sites is 2. The van der Waals surface area contributed by atoms with E-state index >= 15 is 0 Å². The predicted octanol–water partition coefficient (Wildman–Crippen LogP) is 2.41. The van der Waals surface area contributed by atoms with Crippen LogP contribution in [0.1, 0.15) is 20.3 Å². The molecule has 1 atom stereocenters. The highest BCUT2D eigenvalue weighted by Gasteiger charge is 2.14. The second-order valence-electron chi connectivity index (χ2n) is 4.27. The van der Waals surface area contributed by atoms with Crippen molar-refractivity contribution in [3.63, 3.8) is 0 Å². The minimum Gasteiger partial charge on any atom is -0.368 e. The van der Waals surface area contributed by atoms with Gasteiger partial charge in [-0.1, -0.05) is 37.7 Å². The van der Waals surface area contributed by atoms with Crippen molar-refractivity contribution in [3.05, 3.63) is 24.3 Å². The summed E-state index contributed by atoms with van der Waals surface area (Å²) < 4.78 is 1.90. The van der Waals surface area contributed by atoms with Gasteiger partial charge in [-0.25, -0.2) is 4.98 Å². The third-order valence-corrected chi connectivity index (χ3v) is 4.07. The Morgan fingerprint density at radius 2 is 2.22 bits per heavy atom. The number of carbonyl (C=O) groups is 1. The van der Waals surface area contributed by atoms with Crippen LogP contribution in [0.15, 0.2) is 29.4 Å². The Labute approximate surface area is 111 Å². The number of thioether (sulfide) groups is 1. The Kier molecular flexibility index (Phi) is 3.91. The maximum atomic E-state index is 11.2. The highest BCUT2D eigenvalue weighted by Crippen LogP contribution is 2.28. The van der Waals surface area contributed by atoms with Gasteiger partial charge in [0.05, 0.1) is 11.0 Å². The minimum atomic E-state index is -0.343. The van der Waals surface area contributed by atoms with Gasteiger partial charge in [-0.3, -0.25) is 4.79 Å². The van der Waals surface area contributed by atoms with E-state index in [2.05, 4.69) is 18.8 Å². The Hall–Kier alpha value is -1.49. The SMILES string of the molecule is CC[C@H](C)Sc1nc2ccccc2n1CC(N)=O. The van der Waals surface area contributed by atoms with Crippen LogP contribution in [-0.2, 0) is 11.3 Å². The maximum Gasteiger partial charge on any atom is 0.237 e. The molecule has 0 unspecified atom stereocenters. The minimum absolute atomic E-state index is 0.180. The number of aromatic nitrogens is 2. The van der Waals surface area contributed by atoms with E-state index in [1.165, 1.54) is 0 Å². The molecule has 0 radical (unpaired) electrons. The quantitative estimate of drug-likeness (QED) is 0.843. The second kappa shape index (κ2) is 5.44. The van der Waals surface area contributed by atoms with E-state index in [9.17, 15) is 4.79 Å². The van der Waals surface area contributed by atoms with Crippen molar-refractivity contribution in [1.29, 1.82) is 0 Å². The highest BCUT2D eigenvalue weighted by molar-refractivity contribution is 7.99. The number of hydrogen-bond acceptors (Lipinski definition) is 3. The molecule has 2 aromatic rings. The molecule has 96 valence electrons. The zero-order chi connectivity index (χ0) is 13.1. The fourth-order valence-corrected chi connectivity index (χ4v) is 2.68. The lowest BCUT2D eigenvalue weighted by Crippen LogP contribution is -2.19. The summed E-state index contributed by atoms with van der Waals surface area (Å²) in [6.45, 7) is 4.47. The molecule has 2 rings (SSSR count). The molecule has 0 fully saturated rings. The van der Waals surface area contributed by atoms with Crippen LogP contribution in [0.4, 0.5) is 0 Å². The van der Waals surface area contributed by atoms with E-state index in [1.807, 2.05) is 28.8 Å². The summed E-state index contributed by atoms with van der Waals surface area (Å²) in [6, 6.07) is 7.81. The summed E-state index contributed by atoms with van der Waals surface area (Å²) in [5.41, 5.74) is 7.18. The van der Waals surface area contributed by atoms with Gasteiger partial charge in [-0.2, -0.15) is 0 Å². The number of primary amides is 1. The zero-order valence-electron chi connectivity index (χ0n) is 10.6. The van der Waals surface area contributed by atoms with Gasteiger partial charge < -0.3 is 10.3 Å². The molecule has 1 heterocycles. The fraction of sp³-hybridized carbons (Fsp3) is 0.385. The molecule has 5 heteroatoms. The Morgan fingerprint density at radius 1 is 1.50 bits per heavy atom. The molecule has 1 amide bonds. The van der Waals surface area contributed by atoms with Crippen LogP contribution in [0, 0.1) is 0 Å². The molecule has 4 nitrogen and oxygen atoms in total. The number of imidazole rings is 1. The molecule has 1 aromatic carbocycles. The number of amides is 1. The Bertz CT molecular complexity index is 564. The number of fused-ring (bicyclic) bond motifs is 1. The van der Waals surface area contributed by atoms with Crippen LogP contribution in [0.5, 0.6) is 0 Å². The number of hydrogen-bond donors (Lipinski definition) is 1. The van der Waals surface area contributed by atoms with Crippen molar-refractivity contribution >= 4 is 28.7 Å². The van der Waals surface area contributed by atoms with E-state index < -0.39 is 0 Å². The summed E-state index contributed by atoms with van der Waals surface area (Å²) in [7, 11) is 0. The predicted molar refractivity (Wildman–Crippen MR) is 74.5 cm³/mol.